The Balaban J connectivity index is 2.41. The van der Waals surface area contributed by atoms with E-state index in [1.807, 2.05) is 6.92 Å². The minimum Gasteiger partial charge on any atom is -0.314 e. The topological polar surface area (TPSA) is 56.3 Å². The fourth-order valence-corrected chi connectivity index (χ4v) is 2.48. The molecular weight excluding hydrogens is 212 g/mol. The third-order valence-corrected chi connectivity index (χ3v) is 3.68. The van der Waals surface area contributed by atoms with Crippen LogP contribution in [0.3, 0.4) is 0 Å². The highest BCUT2D eigenvalue weighted by atomic mass is 15.3. The highest BCUT2D eigenvalue weighted by molar-refractivity contribution is 5.03. The van der Waals surface area contributed by atoms with Crippen molar-refractivity contribution >= 4 is 0 Å². The van der Waals surface area contributed by atoms with Crippen LogP contribution >= 0.6 is 0 Å². The van der Waals surface area contributed by atoms with Gasteiger partial charge in [0.2, 0.25) is 0 Å². The lowest BCUT2D eigenvalue weighted by molar-refractivity contribution is 0.0764. The van der Waals surface area contributed by atoms with Gasteiger partial charge < -0.3 is 5.73 Å². The van der Waals surface area contributed by atoms with Gasteiger partial charge in [-0.15, -0.1) is 0 Å². The molecule has 0 bridgehead atoms. The smallest absolute Gasteiger partial charge is 0.102 e. The number of hydrogen-bond acceptors (Lipinski definition) is 4. The van der Waals surface area contributed by atoms with Crippen LogP contribution in [0.1, 0.15) is 34.1 Å². The van der Waals surface area contributed by atoms with Crippen LogP contribution in [0.2, 0.25) is 0 Å². The summed E-state index contributed by atoms with van der Waals surface area (Å²) in [5, 5.41) is 8.95. The first kappa shape index (κ1) is 14.4. The molecule has 1 fully saturated rings. The second-order valence-electron chi connectivity index (χ2n) is 5.75. The van der Waals surface area contributed by atoms with Crippen molar-refractivity contribution in [3.8, 4) is 6.07 Å². The van der Waals surface area contributed by atoms with Crippen LogP contribution in [0.5, 0.6) is 0 Å². The Hall–Kier alpha value is -0.630. The molecule has 4 heteroatoms. The first-order valence-electron chi connectivity index (χ1n) is 6.54. The average Bonchev–Trinajstić information content (AvgIpc) is 2.28. The molecule has 0 aromatic rings. The molecule has 1 heterocycles. The van der Waals surface area contributed by atoms with Crippen molar-refractivity contribution < 1.29 is 0 Å². The van der Waals surface area contributed by atoms with E-state index in [9.17, 15) is 0 Å². The maximum atomic E-state index is 8.95. The molecule has 1 aliphatic rings. The first-order valence-corrected chi connectivity index (χ1v) is 6.54. The largest absolute Gasteiger partial charge is 0.314 e. The van der Waals surface area contributed by atoms with Gasteiger partial charge in [-0.1, -0.05) is 0 Å². The summed E-state index contributed by atoms with van der Waals surface area (Å²) < 4.78 is 0. The van der Waals surface area contributed by atoms with E-state index in [4.69, 9.17) is 11.0 Å². The van der Waals surface area contributed by atoms with Crippen LogP contribution in [-0.2, 0) is 0 Å². The molecule has 0 aliphatic carbocycles. The van der Waals surface area contributed by atoms with E-state index >= 15 is 0 Å². The molecule has 0 amide bonds. The summed E-state index contributed by atoms with van der Waals surface area (Å²) in [6.07, 6.45) is 0.741. The molecule has 1 aliphatic heterocycles. The van der Waals surface area contributed by atoms with Crippen LogP contribution in [0.4, 0.5) is 0 Å². The molecule has 0 aromatic heterocycles. The van der Waals surface area contributed by atoms with E-state index in [1.54, 1.807) is 0 Å². The fourth-order valence-electron chi connectivity index (χ4n) is 2.48. The molecule has 0 aromatic carbocycles. The Morgan fingerprint density at radius 2 is 1.65 bits per heavy atom. The molecule has 0 radical (unpaired) electrons. The molecule has 2 atom stereocenters. The van der Waals surface area contributed by atoms with Crippen LogP contribution < -0.4 is 5.73 Å². The van der Waals surface area contributed by atoms with Crippen molar-refractivity contribution in [1.82, 2.24) is 9.80 Å². The van der Waals surface area contributed by atoms with E-state index in [0.717, 1.165) is 32.6 Å². The van der Waals surface area contributed by atoms with Gasteiger partial charge >= 0.3 is 0 Å². The summed E-state index contributed by atoms with van der Waals surface area (Å²) in [7, 11) is 0. The predicted octanol–water partition coefficient (Wildman–Crippen LogP) is 1.03. The SMILES string of the molecule is CC(C)N1CCN(C(C)CC(C)(N)C#N)CC1. The monoisotopic (exact) mass is 238 g/mol. The lowest BCUT2D eigenvalue weighted by Crippen LogP contribution is -2.53. The molecule has 1 saturated heterocycles. The van der Waals surface area contributed by atoms with Crippen LogP contribution in [0.25, 0.3) is 0 Å². The zero-order chi connectivity index (χ0) is 13.1. The second kappa shape index (κ2) is 5.81. The third kappa shape index (κ3) is 4.27. The summed E-state index contributed by atoms with van der Waals surface area (Å²) in [6, 6.07) is 3.20. The Bertz CT molecular complexity index is 272. The Kier molecular flexibility index (Phi) is 4.93. The number of nitrogens with two attached hydrogens (primary N) is 1. The van der Waals surface area contributed by atoms with Gasteiger partial charge in [-0.25, -0.2) is 0 Å². The van der Waals surface area contributed by atoms with E-state index in [0.29, 0.717) is 12.1 Å². The van der Waals surface area contributed by atoms with E-state index < -0.39 is 5.54 Å². The van der Waals surface area contributed by atoms with Crippen molar-refractivity contribution in [3.63, 3.8) is 0 Å². The molecule has 4 nitrogen and oxygen atoms in total. The van der Waals surface area contributed by atoms with Crippen molar-refractivity contribution in [2.45, 2.75) is 51.7 Å². The van der Waals surface area contributed by atoms with Crippen molar-refractivity contribution in [3.05, 3.63) is 0 Å². The van der Waals surface area contributed by atoms with E-state index in [2.05, 4.69) is 36.6 Å². The molecule has 17 heavy (non-hydrogen) atoms. The van der Waals surface area contributed by atoms with E-state index in [1.165, 1.54) is 0 Å². The molecule has 98 valence electrons. The molecule has 0 saturated carbocycles. The van der Waals surface area contributed by atoms with Gasteiger partial charge in [0.25, 0.3) is 0 Å². The van der Waals surface area contributed by atoms with Crippen LogP contribution in [-0.4, -0.2) is 53.6 Å². The van der Waals surface area contributed by atoms with Gasteiger partial charge in [-0.3, -0.25) is 9.80 Å². The number of piperazine rings is 1. The van der Waals surface area contributed by atoms with Gasteiger partial charge in [-0.05, 0) is 34.1 Å². The molecule has 1 rings (SSSR count). The third-order valence-electron chi connectivity index (χ3n) is 3.68. The van der Waals surface area contributed by atoms with E-state index in [-0.39, 0.29) is 0 Å². The highest BCUT2D eigenvalue weighted by Crippen LogP contribution is 2.16. The van der Waals surface area contributed by atoms with Crippen molar-refractivity contribution in [1.29, 1.82) is 5.26 Å². The summed E-state index contributed by atoms with van der Waals surface area (Å²) in [5.41, 5.74) is 5.20. The quantitative estimate of drug-likeness (QED) is 0.795. The van der Waals surface area contributed by atoms with Gasteiger partial charge in [0.1, 0.15) is 5.54 Å². The lowest BCUT2D eigenvalue weighted by Gasteiger charge is -2.40. The number of nitriles is 1. The number of rotatable bonds is 4. The zero-order valence-corrected chi connectivity index (χ0v) is 11.6. The first-order chi connectivity index (χ1) is 7.85. The van der Waals surface area contributed by atoms with Crippen LogP contribution in [0.15, 0.2) is 0 Å². The second-order valence-corrected chi connectivity index (χ2v) is 5.75. The summed E-state index contributed by atoms with van der Waals surface area (Å²) >= 11 is 0. The maximum Gasteiger partial charge on any atom is 0.102 e. The summed E-state index contributed by atoms with van der Waals surface area (Å²) in [6.45, 7) is 12.9. The minimum atomic E-state index is -0.700. The Morgan fingerprint density at radius 1 is 1.18 bits per heavy atom. The summed E-state index contributed by atoms with van der Waals surface area (Å²) in [4.78, 5) is 4.94. The van der Waals surface area contributed by atoms with Gasteiger partial charge in [-0.2, -0.15) is 5.26 Å². The number of hydrogen-bond donors (Lipinski definition) is 1. The maximum absolute atomic E-state index is 8.95. The summed E-state index contributed by atoms with van der Waals surface area (Å²) in [5.74, 6) is 0. The molecule has 2 N–H and O–H groups in total. The van der Waals surface area contributed by atoms with Crippen LogP contribution in [0, 0.1) is 11.3 Å². The van der Waals surface area contributed by atoms with Crippen molar-refractivity contribution in [2.75, 3.05) is 26.2 Å². The standard InChI is InChI=1S/C13H26N4/c1-11(2)16-5-7-17(8-6-16)12(3)9-13(4,15)10-14/h11-12H,5-9,15H2,1-4H3. The predicted molar refractivity (Wildman–Crippen MR) is 70.6 cm³/mol. The van der Waals surface area contributed by atoms with Crippen molar-refractivity contribution in [2.24, 2.45) is 5.73 Å². The number of nitrogens with zero attached hydrogens (tertiary/aromatic N) is 3. The molecule has 0 spiro atoms. The zero-order valence-electron chi connectivity index (χ0n) is 11.6. The molecular formula is C13H26N4. The van der Waals surface area contributed by atoms with Gasteiger partial charge in [0, 0.05) is 38.3 Å². The fraction of sp³-hybridized carbons (Fsp3) is 0.923. The normalized spacial score (nSPS) is 24.3. The van der Waals surface area contributed by atoms with Gasteiger partial charge in [0.05, 0.1) is 6.07 Å². The Morgan fingerprint density at radius 3 is 2.06 bits per heavy atom. The minimum absolute atomic E-state index is 0.388. The van der Waals surface area contributed by atoms with Gasteiger partial charge in [0.15, 0.2) is 0 Å². The Labute approximate surface area is 105 Å². The molecule has 2 unspecified atom stereocenters. The average molecular weight is 238 g/mol. The highest BCUT2D eigenvalue weighted by Gasteiger charge is 2.27. The lowest BCUT2D eigenvalue weighted by atomic mass is 9.95.